The highest BCUT2D eigenvalue weighted by molar-refractivity contribution is 5.75. The summed E-state index contributed by atoms with van der Waals surface area (Å²) in [6, 6.07) is 6.23. The van der Waals surface area contributed by atoms with Crippen LogP contribution < -0.4 is 4.74 Å². The van der Waals surface area contributed by atoms with Gasteiger partial charge in [-0.2, -0.15) is 0 Å². The van der Waals surface area contributed by atoms with Crippen molar-refractivity contribution in [2.24, 2.45) is 0 Å². The number of benzene rings is 1. The lowest BCUT2D eigenvalue weighted by molar-refractivity contribution is -0.151. The minimum Gasteiger partial charge on any atom is -0.508 e. The van der Waals surface area contributed by atoms with E-state index in [4.69, 9.17) is 14.6 Å². The van der Waals surface area contributed by atoms with Gasteiger partial charge in [0.15, 0.2) is 6.10 Å². The molecular weight excluding hydrogens is 208 g/mol. The summed E-state index contributed by atoms with van der Waals surface area (Å²) in [7, 11) is 0. The number of ether oxygens (including phenoxy) is 2. The molecule has 0 amide bonds. The summed E-state index contributed by atoms with van der Waals surface area (Å²) in [6.07, 6.45) is -0.0517. The highest BCUT2D eigenvalue weighted by Crippen LogP contribution is 2.18. The van der Waals surface area contributed by atoms with Gasteiger partial charge in [0, 0.05) is 0 Å². The zero-order chi connectivity index (χ0) is 12.0. The van der Waals surface area contributed by atoms with Gasteiger partial charge in [-0.05, 0) is 37.6 Å². The molecule has 4 nitrogen and oxygen atoms in total. The van der Waals surface area contributed by atoms with Crippen LogP contribution >= 0.6 is 0 Å². The van der Waals surface area contributed by atoms with E-state index in [0.717, 1.165) is 0 Å². The van der Waals surface area contributed by atoms with E-state index >= 15 is 0 Å². The minimum absolute atomic E-state index is 0.163. The maximum absolute atomic E-state index is 11.4. The molecule has 0 aliphatic rings. The first-order valence-electron chi connectivity index (χ1n) is 5.29. The average Bonchev–Trinajstić information content (AvgIpc) is 2.28. The summed E-state index contributed by atoms with van der Waals surface area (Å²) < 4.78 is 10.3. The lowest BCUT2D eigenvalue weighted by Gasteiger charge is -2.15. The van der Waals surface area contributed by atoms with Crippen molar-refractivity contribution in [1.82, 2.24) is 0 Å². The van der Waals surface area contributed by atoms with Gasteiger partial charge in [0.2, 0.25) is 0 Å². The Morgan fingerprint density at radius 2 is 1.94 bits per heavy atom. The van der Waals surface area contributed by atoms with Gasteiger partial charge < -0.3 is 14.6 Å². The van der Waals surface area contributed by atoms with E-state index in [9.17, 15) is 4.79 Å². The number of carbonyl (C=O) groups is 1. The molecule has 0 aromatic heterocycles. The largest absolute Gasteiger partial charge is 0.508 e. The number of rotatable bonds is 5. The molecule has 0 saturated heterocycles. The molecule has 1 aromatic carbocycles. The molecule has 0 aliphatic carbocycles. The van der Waals surface area contributed by atoms with Gasteiger partial charge in [-0.25, -0.2) is 4.79 Å². The molecule has 0 saturated carbocycles. The fraction of sp³-hybridized carbons (Fsp3) is 0.417. The second kappa shape index (κ2) is 6.00. The molecule has 0 radical (unpaired) electrons. The molecule has 0 spiro atoms. The summed E-state index contributed by atoms with van der Waals surface area (Å²) in [5, 5.41) is 9.09. The number of hydrogen-bond acceptors (Lipinski definition) is 4. The van der Waals surface area contributed by atoms with Crippen LogP contribution in [0.3, 0.4) is 0 Å². The topological polar surface area (TPSA) is 55.8 Å². The van der Waals surface area contributed by atoms with Crippen LogP contribution in [0.2, 0.25) is 0 Å². The lowest BCUT2D eigenvalue weighted by atomic mass is 10.2. The normalized spacial score (nSPS) is 11.9. The van der Waals surface area contributed by atoms with Gasteiger partial charge in [-0.15, -0.1) is 0 Å². The van der Waals surface area contributed by atoms with Crippen molar-refractivity contribution < 1.29 is 19.4 Å². The van der Waals surface area contributed by atoms with Crippen LogP contribution in [-0.2, 0) is 9.53 Å². The average molecular weight is 224 g/mol. The molecule has 0 fully saturated rings. The Balaban J connectivity index is 2.62. The van der Waals surface area contributed by atoms with Crippen LogP contribution in [0.1, 0.15) is 20.3 Å². The number of carbonyl (C=O) groups excluding carboxylic acids is 1. The van der Waals surface area contributed by atoms with Crippen LogP contribution in [0.5, 0.6) is 11.5 Å². The van der Waals surface area contributed by atoms with Crippen LogP contribution in [0.4, 0.5) is 0 Å². The number of hydrogen-bond donors (Lipinski definition) is 1. The maximum Gasteiger partial charge on any atom is 0.347 e. The number of phenols is 1. The Hall–Kier alpha value is -1.71. The van der Waals surface area contributed by atoms with Crippen LogP contribution in [0.25, 0.3) is 0 Å². The van der Waals surface area contributed by atoms with Crippen LogP contribution in [-0.4, -0.2) is 23.8 Å². The predicted molar refractivity (Wildman–Crippen MR) is 59.4 cm³/mol. The number of esters is 1. The third-order valence-electron chi connectivity index (χ3n) is 2.04. The predicted octanol–water partition coefficient (Wildman–Crippen LogP) is 2.11. The summed E-state index contributed by atoms with van der Waals surface area (Å²) in [5.41, 5.74) is 0. The third-order valence-corrected chi connectivity index (χ3v) is 2.04. The molecular formula is C12H16O4. The highest BCUT2D eigenvalue weighted by atomic mass is 16.6. The van der Waals surface area contributed by atoms with Crippen LogP contribution in [0.15, 0.2) is 24.3 Å². The second-order valence-corrected chi connectivity index (χ2v) is 3.26. The number of aromatic hydroxyl groups is 1. The molecule has 1 rings (SSSR count). The molecule has 0 heterocycles. The smallest absolute Gasteiger partial charge is 0.347 e. The van der Waals surface area contributed by atoms with Crippen molar-refractivity contribution in [3.8, 4) is 11.5 Å². The van der Waals surface area contributed by atoms with E-state index < -0.39 is 6.10 Å². The third kappa shape index (κ3) is 3.46. The Morgan fingerprint density at radius 3 is 2.44 bits per heavy atom. The molecule has 1 N–H and O–H groups in total. The fourth-order valence-electron chi connectivity index (χ4n) is 1.22. The van der Waals surface area contributed by atoms with E-state index in [1.807, 2.05) is 6.92 Å². The van der Waals surface area contributed by atoms with E-state index in [-0.39, 0.29) is 11.7 Å². The van der Waals surface area contributed by atoms with Gasteiger partial charge in [0.1, 0.15) is 11.5 Å². The van der Waals surface area contributed by atoms with E-state index in [0.29, 0.717) is 18.8 Å². The Labute approximate surface area is 94.8 Å². The standard InChI is InChI=1S/C12H16O4/c1-3-11(12(14)15-4-2)16-10-7-5-9(13)6-8-10/h5-8,11,13H,3-4H2,1-2H3. The highest BCUT2D eigenvalue weighted by Gasteiger charge is 2.19. The monoisotopic (exact) mass is 224 g/mol. The van der Waals surface area contributed by atoms with E-state index in [1.165, 1.54) is 12.1 Å². The Morgan fingerprint density at radius 1 is 1.31 bits per heavy atom. The van der Waals surface area contributed by atoms with Crippen molar-refractivity contribution >= 4 is 5.97 Å². The second-order valence-electron chi connectivity index (χ2n) is 3.26. The van der Waals surface area contributed by atoms with E-state index in [1.54, 1.807) is 19.1 Å². The summed E-state index contributed by atoms with van der Waals surface area (Å²) in [5.74, 6) is 0.340. The minimum atomic E-state index is -0.593. The fourth-order valence-corrected chi connectivity index (χ4v) is 1.22. The van der Waals surface area contributed by atoms with E-state index in [2.05, 4.69) is 0 Å². The zero-order valence-corrected chi connectivity index (χ0v) is 9.47. The van der Waals surface area contributed by atoms with Gasteiger partial charge in [-0.3, -0.25) is 0 Å². The molecule has 1 atom stereocenters. The molecule has 0 bridgehead atoms. The zero-order valence-electron chi connectivity index (χ0n) is 9.47. The first kappa shape index (κ1) is 12.4. The Bertz CT molecular complexity index is 331. The molecule has 4 heteroatoms. The van der Waals surface area contributed by atoms with Crippen molar-refractivity contribution in [2.45, 2.75) is 26.4 Å². The molecule has 1 unspecified atom stereocenters. The van der Waals surface area contributed by atoms with Crippen molar-refractivity contribution in [3.63, 3.8) is 0 Å². The Kier molecular flexibility index (Phi) is 4.64. The molecule has 88 valence electrons. The number of phenolic OH excluding ortho intramolecular Hbond substituents is 1. The molecule has 1 aromatic rings. The van der Waals surface area contributed by atoms with Gasteiger partial charge in [-0.1, -0.05) is 6.92 Å². The molecule has 16 heavy (non-hydrogen) atoms. The van der Waals surface area contributed by atoms with Crippen molar-refractivity contribution in [3.05, 3.63) is 24.3 Å². The molecule has 0 aliphatic heterocycles. The summed E-state index contributed by atoms with van der Waals surface area (Å²) >= 11 is 0. The first-order valence-corrected chi connectivity index (χ1v) is 5.29. The van der Waals surface area contributed by atoms with Gasteiger partial charge >= 0.3 is 5.97 Å². The lowest BCUT2D eigenvalue weighted by Crippen LogP contribution is -2.28. The van der Waals surface area contributed by atoms with Gasteiger partial charge in [0.25, 0.3) is 0 Å². The maximum atomic E-state index is 11.4. The summed E-state index contributed by atoms with van der Waals surface area (Å²) in [6.45, 7) is 3.95. The SMILES string of the molecule is CCOC(=O)C(CC)Oc1ccc(O)cc1. The quantitative estimate of drug-likeness (QED) is 0.778. The van der Waals surface area contributed by atoms with Crippen molar-refractivity contribution in [1.29, 1.82) is 0 Å². The van der Waals surface area contributed by atoms with Crippen LogP contribution in [0, 0.1) is 0 Å². The van der Waals surface area contributed by atoms with Crippen molar-refractivity contribution in [2.75, 3.05) is 6.61 Å². The summed E-state index contributed by atoms with van der Waals surface area (Å²) in [4.78, 5) is 11.4. The van der Waals surface area contributed by atoms with Gasteiger partial charge in [0.05, 0.1) is 6.61 Å². The first-order chi connectivity index (χ1) is 7.67.